The summed E-state index contributed by atoms with van der Waals surface area (Å²) in [6.07, 6.45) is 2.30. The average Bonchev–Trinajstić information content (AvgIpc) is 2.45. The van der Waals surface area contributed by atoms with Gasteiger partial charge in [0.05, 0.1) is 6.61 Å². The molecule has 1 aromatic carbocycles. The molecule has 1 heterocycles. The molecule has 0 radical (unpaired) electrons. The van der Waals surface area contributed by atoms with Gasteiger partial charge in [0.25, 0.3) is 0 Å². The standard InChI is InChI=1S/C17H27NO/c1-4-10-19-15-7-5-6-14(11-15)16-8-9-18-12-17(16)13(2)3/h5-7,11,13,16-18H,4,8-10,12H2,1-3H3. The fourth-order valence-corrected chi connectivity index (χ4v) is 3.05. The summed E-state index contributed by atoms with van der Waals surface area (Å²) in [6.45, 7) is 9.90. The number of nitrogens with one attached hydrogen (secondary N) is 1. The van der Waals surface area contributed by atoms with Crippen LogP contribution in [-0.4, -0.2) is 19.7 Å². The normalized spacial score (nSPS) is 23.6. The fraction of sp³-hybridized carbons (Fsp3) is 0.647. The molecule has 1 aliphatic heterocycles. The number of hydrogen-bond acceptors (Lipinski definition) is 2. The van der Waals surface area contributed by atoms with Crippen molar-refractivity contribution in [2.75, 3.05) is 19.7 Å². The molecule has 2 atom stereocenters. The maximum atomic E-state index is 5.77. The van der Waals surface area contributed by atoms with Crippen molar-refractivity contribution in [3.8, 4) is 5.75 Å². The van der Waals surface area contributed by atoms with E-state index in [1.54, 1.807) is 0 Å². The summed E-state index contributed by atoms with van der Waals surface area (Å²) in [7, 11) is 0. The Hall–Kier alpha value is -1.02. The van der Waals surface area contributed by atoms with Gasteiger partial charge in [-0.3, -0.25) is 0 Å². The van der Waals surface area contributed by atoms with Gasteiger partial charge in [-0.05, 0) is 61.4 Å². The quantitative estimate of drug-likeness (QED) is 0.870. The van der Waals surface area contributed by atoms with Gasteiger partial charge in [-0.2, -0.15) is 0 Å². The molecule has 2 nitrogen and oxygen atoms in total. The van der Waals surface area contributed by atoms with E-state index in [0.717, 1.165) is 43.7 Å². The molecule has 0 saturated carbocycles. The molecule has 19 heavy (non-hydrogen) atoms. The van der Waals surface area contributed by atoms with Crippen molar-refractivity contribution in [1.29, 1.82) is 0 Å². The first-order valence-corrected chi connectivity index (χ1v) is 7.65. The zero-order chi connectivity index (χ0) is 13.7. The highest BCUT2D eigenvalue weighted by Gasteiger charge is 2.28. The van der Waals surface area contributed by atoms with E-state index in [1.807, 2.05) is 0 Å². The Kier molecular flexibility index (Phi) is 5.26. The summed E-state index contributed by atoms with van der Waals surface area (Å²) in [5, 5.41) is 3.53. The summed E-state index contributed by atoms with van der Waals surface area (Å²) in [5.74, 6) is 3.15. The van der Waals surface area contributed by atoms with Crippen molar-refractivity contribution in [2.24, 2.45) is 11.8 Å². The Balaban J connectivity index is 2.14. The van der Waals surface area contributed by atoms with E-state index in [-0.39, 0.29) is 0 Å². The SMILES string of the molecule is CCCOc1cccc(C2CCNCC2C(C)C)c1. The third-order valence-corrected chi connectivity index (χ3v) is 4.14. The van der Waals surface area contributed by atoms with Gasteiger partial charge in [0.1, 0.15) is 5.75 Å². The average molecular weight is 261 g/mol. The first-order valence-electron chi connectivity index (χ1n) is 7.65. The van der Waals surface area contributed by atoms with Crippen LogP contribution in [0.15, 0.2) is 24.3 Å². The van der Waals surface area contributed by atoms with E-state index in [2.05, 4.69) is 50.4 Å². The largest absolute Gasteiger partial charge is 0.494 e. The van der Waals surface area contributed by atoms with Gasteiger partial charge in [0.2, 0.25) is 0 Å². The lowest BCUT2D eigenvalue weighted by Crippen LogP contribution is -2.38. The molecule has 2 heteroatoms. The number of hydrogen-bond donors (Lipinski definition) is 1. The third-order valence-electron chi connectivity index (χ3n) is 4.14. The van der Waals surface area contributed by atoms with Crippen molar-refractivity contribution in [3.05, 3.63) is 29.8 Å². The Bertz CT molecular complexity index is 389. The molecule has 0 amide bonds. The van der Waals surface area contributed by atoms with E-state index in [1.165, 1.54) is 12.0 Å². The number of piperidine rings is 1. The Morgan fingerprint density at radius 3 is 2.95 bits per heavy atom. The van der Waals surface area contributed by atoms with Crippen LogP contribution in [0.5, 0.6) is 5.75 Å². The van der Waals surface area contributed by atoms with Crippen LogP contribution >= 0.6 is 0 Å². The van der Waals surface area contributed by atoms with Crippen molar-refractivity contribution in [1.82, 2.24) is 5.32 Å². The topological polar surface area (TPSA) is 21.3 Å². The van der Waals surface area contributed by atoms with Crippen LogP contribution in [-0.2, 0) is 0 Å². The number of rotatable bonds is 5. The highest BCUT2D eigenvalue weighted by atomic mass is 16.5. The maximum Gasteiger partial charge on any atom is 0.119 e. The van der Waals surface area contributed by atoms with Crippen LogP contribution < -0.4 is 10.1 Å². The van der Waals surface area contributed by atoms with Gasteiger partial charge in [-0.1, -0.05) is 32.9 Å². The monoisotopic (exact) mass is 261 g/mol. The predicted octanol–water partition coefficient (Wildman–Crippen LogP) is 3.82. The van der Waals surface area contributed by atoms with Gasteiger partial charge < -0.3 is 10.1 Å². The summed E-state index contributed by atoms with van der Waals surface area (Å²) < 4.78 is 5.77. The molecule has 1 aliphatic rings. The van der Waals surface area contributed by atoms with E-state index >= 15 is 0 Å². The molecule has 1 aromatic rings. The van der Waals surface area contributed by atoms with Crippen LogP contribution in [0.3, 0.4) is 0 Å². The first kappa shape index (κ1) is 14.4. The van der Waals surface area contributed by atoms with E-state index in [4.69, 9.17) is 4.74 Å². The Morgan fingerprint density at radius 1 is 1.37 bits per heavy atom. The smallest absolute Gasteiger partial charge is 0.119 e. The lowest BCUT2D eigenvalue weighted by molar-refractivity contribution is 0.254. The molecule has 106 valence electrons. The molecule has 0 aliphatic carbocycles. The van der Waals surface area contributed by atoms with Gasteiger partial charge in [-0.15, -0.1) is 0 Å². The molecule has 1 N–H and O–H groups in total. The van der Waals surface area contributed by atoms with Gasteiger partial charge >= 0.3 is 0 Å². The fourth-order valence-electron chi connectivity index (χ4n) is 3.05. The van der Waals surface area contributed by atoms with Crippen LogP contribution in [0.4, 0.5) is 0 Å². The van der Waals surface area contributed by atoms with Crippen molar-refractivity contribution >= 4 is 0 Å². The second-order valence-corrected chi connectivity index (χ2v) is 5.93. The highest BCUT2D eigenvalue weighted by Crippen LogP contribution is 2.35. The van der Waals surface area contributed by atoms with Gasteiger partial charge in [-0.25, -0.2) is 0 Å². The maximum absolute atomic E-state index is 5.77. The number of ether oxygens (including phenoxy) is 1. The summed E-state index contributed by atoms with van der Waals surface area (Å²) in [4.78, 5) is 0. The molecule has 2 rings (SSSR count). The lowest BCUT2D eigenvalue weighted by Gasteiger charge is -2.35. The molecule has 2 unspecified atom stereocenters. The Morgan fingerprint density at radius 2 is 2.21 bits per heavy atom. The second-order valence-electron chi connectivity index (χ2n) is 5.93. The molecule has 0 aromatic heterocycles. The van der Waals surface area contributed by atoms with E-state index < -0.39 is 0 Å². The lowest BCUT2D eigenvalue weighted by atomic mass is 9.75. The summed E-state index contributed by atoms with van der Waals surface area (Å²) >= 11 is 0. The highest BCUT2D eigenvalue weighted by molar-refractivity contribution is 5.31. The molecule has 0 spiro atoms. The van der Waals surface area contributed by atoms with Crippen molar-refractivity contribution in [3.63, 3.8) is 0 Å². The molecular weight excluding hydrogens is 234 g/mol. The predicted molar refractivity (Wildman–Crippen MR) is 80.8 cm³/mol. The van der Waals surface area contributed by atoms with E-state index in [9.17, 15) is 0 Å². The van der Waals surface area contributed by atoms with Gasteiger partial charge in [0.15, 0.2) is 0 Å². The van der Waals surface area contributed by atoms with Crippen LogP contribution in [0.25, 0.3) is 0 Å². The molecule has 0 bridgehead atoms. The zero-order valence-electron chi connectivity index (χ0n) is 12.5. The third kappa shape index (κ3) is 3.73. The van der Waals surface area contributed by atoms with Crippen LogP contribution in [0.2, 0.25) is 0 Å². The minimum Gasteiger partial charge on any atom is -0.494 e. The summed E-state index contributed by atoms with van der Waals surface area (Å²) in [5.41, 5.74) is 1.45. The van der Waals surface area contributed by atoms with Gasteiger partial charge in [0, 0.05) is 0 Å². The molecule has 1 saturated heterocycles. The first-order chi connectivity index (χ1) is 9.22. The van der Waals surface area contributed by atoms with E-state index in [0.29, 0.717) is 5.92 Å². The second kappa shape index (κ2) is 6.95. The van der Waals surface area contributed by atoms with Crippen molar-refractivity contribution in [2.45, 2.75) is 39.5 Å². The minimum atomic E-state index is 0.673. The van der Waals surface area contributed by atoms with Crippen LogP contribution in [0, 0.1) is 11.8 Å². The molecular formula is C17H27NO. The number of benzene rings is 1. The van der Waals surface area contributed by atoms with Crippen LogP contribution in [0.1, 0.15) is 45.1 Å². The minimum absolute atomic E-state index is 0.673. The molecule has 1 fully saturated rings. The Labute approximate surface area is 117 Å². The zero-order valence-corrected chi connectivity index (χ0v) is 12.5. The summed E-state index contributed by atoms with van der Waals surface area (Å²) in [6, 6.07) is 8.73. The van der Waals surface area contributed by atoms with Crippen molar-refractivity contribution < 1.29 is 4.74 Å².